The number of fused-ring (bicyclic) bond motifs is 1. The van der Waals surface area contributed by atoms with Crippen molar-refractivity contribution in [3.63, 3.8) is 0 Å². The number of hydrogen-bond donors (Lipinski definition) is 0. The van der Waals surface area contributed by atoms with Gasteiger partial charge in [0, 0.05) is 16.9 Å². The Bertz CT molecular complexity index is 777. The molecule has 8 heteroatoms. The van der Waals surface area contributed by atoms with Gasteiger partial charge in [-0.05, 0) is 18.2 Å². The summed E-state index contributed by atoms with van der Waals surface area (Å²) in [5, 5.41) is 0.279. The molecule has 2 saturated heterocycles. The number of carbonyl (C=O) groups excluding carboxylic acids is 1. The third kappa shape index (κ3) is 3.28. The van der Waals surface area contributed by atoms with Gasteiger partial charge in [0.05, 0.1) is 17.5 Å². The van der Waals surface area contributed by atoms with E-state index in [0.29, 0.717) is 10.9 Å². The molecule has 3 rings (SSSR count). The van der Waals surface area contributed by atoms with Crippen LogP contribution >= 0.6 is 11.8 Å². The first-order valence-electron chi connectivity index (χ1n) is 7.31. The number of anilines is 1. The van der Waals surface area contributed by atoms with Crippen LogP contribution in [0.15, 0.2) is 29.3 Å². The van der Waals surface area contributed by atoms with E-state index >= 15 is 0 Å². The summed E-state index contributed by atoms with van der Waals surface area (Å²) < 4.78 is 37.4. The minimum absolute atomic E-state index is 0.00390. The average Bonchev–Trinajstić information content (AvgIpc) is 2.89. The number of nitrogens with zero attached hydrogens (tertiary/aromatic N) is 2. The molecule has 1 aromatic carbocycles. The first kappa shape index (κ1) is 16.4. The Hall–Kier alpha value is -1.41. The van der Waals surface area contributed by atoms with E-state index in [-0.39, 0.29) is 34.6 Å². The van der Waals surface area contributed by atoms with Gasteiger partial charge in [0.1, 0.15) is 5.82 Å². The number of thioether (sulfide) groups is 1. The van der Waals surface area contributed by atoms with Gasteiger partial charge in [0.15, 0.2) is 15.0 Å². The number of aliphatic imine (C=N–C) groups is 1. The van der Waals surface area contributed by atoms with Gasteiger partial charge in [-0.1, -0.05) is 31.7 Å². The zero-order valence-electron chi connectivity index (χ0n) is 12.8. The Morgan fingerprint density at radius 1 is 1.39 bits per heavy atom. The lowest BCUT2D eigenvalue weighted by Crippen LogP contribution is -2.37. The topological polar surface area (TPSA) is 66.8 Å². The molecule has 2 heterocycles. The summed E-state index contributed by atoms with van der Waals surface area (Å²) in [5.41, 5.74) is 0.525. The number of rotatable bonds is 2. The van der Waals surface area contributed by atoms with Crippen molar-refractivity contribution >= 4 is 38.4 Å². The minimum atomic E-state index is -3.12. The van der Waals surface area contributed by atoms with E-state index in [4.69, 9.17) is 0 Å². The molecule has 2 aliphatic rings. The summed E-state index contributed by atoms with van der Waals surface area (Å²) in [4.78, 5) is 17.8. The van der Waals surface area contributed by atoms with Crippen molar-refractivity contribution in [2.75, 3.05) is 16.4 Å². The normalized spacial score (nSPS) is 27.7. The Balaban J connectivity index is 2.02. The summed E-state index contributed by atoms with van der Waals surface area (Å²) in [7, 11) is -3.12. The van der Waals surface area contributed by atoms with Crippen LogP contribution in [0.2, 0.25) is 0 Å². The van der Waals surface area contributed by atoms with Crippen LogP contribution in [0.1, 0.15) is 13.8 Å². The molecular formula is C15H17FN2O3S2. The largest absolute Gasteiger partial charge is 0.315 e. The van der Waals surface area contributed by atoms with E-state index in [9.17, 15) is 17.6 Å². The molecule has 0 aromatic heterocycles. The molecule has 1 amide bonds. The van der Waals surface area contributed by atoms with Crippen LogP contribution in [0.5, 0.6) is 0 Å². The Labute approximate surface area is 138 Å². The molecular weight excluding hydrogens is 339 g/mol. The third-order valence-electron chi connectivity index (χ3n) is 3.85. The van der Waals surface area contributed by atoms with Gasteiger partial charge >= 0.3 is 0 Å². The zero-order chi connectivity index (χ0) is 16.8. The van der Waals surface area contributed by atoms with Crippen molar-refractivity contribution in [1.29, 1.82) is 0 Å². The van der Waals surface area contributed by atoms with Crippen LogP contribution < -0.4 is 4.90 Å². The molecule has 2 aliphatic heterocycles. The number of amidine groups is 1. The fraction of sp³-hybridized carbons (Fsp3) is 0.467. The Kier molecular flexibility index (Phi) is 4.22. The van der Waals surface area contributed by atoms with Gasteiger partial charge < -0.3 is 4.90 Å². The first-order valence-corrected chi connectivity index (χ1v) is 10.0. The number of amides is 1. The molecule has 0 unspecified atom stereocenters. The standard InChI is InChI=1S/C15H17FN2O3S2/c1-9(2)14(19)17-15-18(11-5-3-4-10(16)6-11)12-7-23(20,21)8-13(12)22-15/h3-6,9,12-13H,7-8H2,1-2H3/t12-,13+/m0/s1. The SMILES string of the molecule is CC(C)C(=O)N=C1S[C@@H]2CS(=O)(=O)C[C@@H]2N1c1cccc(F)c1. The first-order chi connectivity index (χ1) is 10.8. The summed E-state index contributed by atoms with van der Waals surface area (Å²) in [5.74, 6) is -0.872. The Morgan fingerprint density at radius 2 is 2.13 bits per heavy atom. The lowest BCUT2D eigenvalue weighted by molar-refractivity contribution is -0.120. The van der Waals surface area contributed by atoms with Crippen molar-refractivity contribution in [1.82, 2.24) is 0 Å². The van der Waals surface area contributed by atoms with Crippen LogP contribution in [-0.4, -0.2) is 42.3 Å². The van der Waals surface area contributed by atoms with Crippen LogP contribution in [-0.2, 0) is 14.6 Å². The van der Waals surface area contributed by atoms with Gasteiger partial charge in [-0.25, -0.2) is 12.8 Å². The molecule has 2 fully saturated rings. The summed E-state index contributed by atoms with van der Waals surface area (Å²) >= 11 is 1.29. The quantitative estimate of drug-likeness (QED) is 0.812. The third-order valence-corrected chi connectivity index (χ3v) is 7.06. The van der Waals surface area contributed by atoms with Crippen molar-refractivity contribution in [2.45, 2.75) is 25.1 Å². The number of benzene rings is 1. The van der Waals surface area contributed by atoms with Gasteiger partial charge in [-0.3, -0.25) is 4.79 Å². The smallest absolute Gasteiger partial charge is 0.250 e. The number of sulfone groups is 1. The van der Waals surface area contributed by atoms with E-state index < -0.39 is 15.7 Å². The molecule has 0 N–H and O–H groups in total. The summed E-state index contributed by atoms with van der Waals surface area (Å²) in [6.45, 7) is 3.51. The van der Waals surface area contributed by atoms with Crippen LogP contribution in [0.3, 0.4) is 0 Å². The second kappa shape index (κ2) is 5.90. The van der Waals surface area contributed by atoms with Crippen molar-refractivity contribution in [3.8, 4) is 0 Å². The maximum atomic E-state index is 13.6. The molecule has 124 valence electrons. The molecule has 5 nitrogen and oxygen atoms in total. The maximum Gasteiger partial charge on any atom is 0.250 e. The molecule has 23 heavy (non-hydrogen) atoms. The molecule has 0 aliphatic carbocycles. The lowest BCUT2D eigenvalue weighted by Gasteiger charge is -2.24. The predicted molar refractivity (Wildman–Crippen MR) is 90.0 cm³/mol. The van der Waals surface area contributed by atoms with Crippen LogP contribution in [0.25, 0.3) is 0 Å². The van der Waals surface area contributed by atoms with Gasteiger partial charge in [-0.15, -0.1) is 0 Å². The fourth-order valence-corrected chi connectivity index (χ4v) is 6.64. The zero-order valence-corrected chi connectivity index (χ0v) is 14.4. The van der Waals surface area contributed by atoms with Crippen LogP contribution in [0, 0.1) is 11.7 Å². The van der Waals surface area contributed by atoms with Crippen molar-refractivity contribution < 1.29 is 17.6 Å². The van der Waals surface area contributed by atoms with Gasteiger partial charge in [0.2, 0.25) is 0 Å². The molecule has 0 spiro atoms. The summed E-state index contributed by atoms with van der Waals surface area (Å²) in [6, 6.07) is 5.61. The van der Waals surface area contributed by atoms with Crippen LogP contribution in [0.4, 0.5) is 10.1 Å². The van der Waals surface area contributed by atoms with E-state index in [2.05, 4.69) is 4.99 Å². The number of halogens is 1. The molecule has 0 radical (unpaired) electrons. The van der Waals surface area contributed by atoms with E-state index in [1.165, 1.54) is 23.9 Å². The highest BCUT2D eigenvalue weighted by Crippen LogP contribution is 2.41. The van der Waals surface area contributed by atoms with E-state index in [1.54, 1.807) is 30.9 Å². The minimum Gasteiger partial charge on any atom is -0.315 e. The highest BCUT2D eigenvalue weighted by molar-refractivity contribution is 8.16. The number of hydrogen-bond acceptors (Lipinski definition) is 4. The molecule has 0 bridgehead atoms. The molecule has 1 aromatic rings. The van der Waals surface area contributed by atoms with Crippen molar-refractivity contribution in [3.05, 3.63) is 30.1 Å². The Morgan fingerprint density at radius 3 is 2.78 bits per heavy atom. The van der Waals surface area contributed by atoms with E-state index in [1.807, 2.05) is 0 Å². The monoisotopic (exact) mass is 356 g/mol. The highest BCUT2D eigenvalue weighted by atomic mass is 32.2. The average molecular weight is 356 g/mol. The maximum absolute atomic E-state index is 13.6. The second-order valence-corrected chi connectivity index (χ2v) is 9.40. The highest BCUT2D eigenvalue weighted by Gasteiger charge is 2.49. The molecule has 0 saturated carbocycles. The second-order valence-electron chi connectivity index (χ2n) is 6.04. The summed E-state index contributed by atoms with van der Waals surface area (Å²) in [6.07, 6.45) is 0. The molecule has 2 atom stereocenters. The van der Waals surface area contributed by atoms with Gasteiger partial charge in [-0.2, -0.15) is 4.99 Å². The lowest BCUT2D eigenvalue weighted by atomic mass is 10.2. The number of carbonyl (C=O) groups is 1. The fourth-order valence-electron chi connectivity index (χ4n) is 2.72. The van der Waals surface area contributed by atoms with E-state index in [0.717, 1.165) is 0 Å². The predicted octanol–water partition coefficient (Wildman–Crippen LogP) is 2.08. The van der Waals surface area contributed by atoms with Gasteiger partial charge in [0.25, 0.3) is 5.91 Å². The van der Waals surface area contributed by atoms with Crippen molar-refractivity contribution in [2.24, 2.45) is 10.9 Å².